The van der Waals surface area contributed by atoms with E-state index >= 15 is 0 Å². The number of rotatable bonds is 8. The third kappa shape index (κ3) is 4.54. The molecule has 0 radical (unpaired) electrons. The first-order valence-electron chi connectivity index (χ1n) is 6.56. The molecular weight excluding hydrogens is 375 g/mol. The van der Waals surface area contributed by atoms with Crippen LogP contribution in [0.4, 0.5) is 0 Å². The molecule has 3 heteroatoms. The monoisotopic (exact) mass is 394 g/mol. The topological polar surface area (TPSA) is 0 Å². The Balaban J connectivity index is 2.79. The van der Waals surface area contributed by atoms with Crippen LogP contribution in [-0.4, -0.2) is 10.7 Å². The number of hydrogen-bond donors (Lipinski definition) is 0. The van der Waals surface area contributed by atoms with Gasteiger partial charge >= 0.3 is 0 Å². The van der Waals surface area contributed by atoms with E-state index in [0.717, 1.165) is 15.7 Å². The largest absolute Gasteiger partial charge is 0.0918 e. The van der Waals surface area contributed by atoms with Gasteiger partial charge in [-0.05, 0) is 24.1 Å². The zero-order valence-electron chi connectivity index (χ0n) is 10.9. The molecule has 102 valence electrons. The summed E-state index contributed by atoms with van der Waals surface area (Å²) in [5.74, 6) is 0. The standard InChI is InChI=1S/C15H21Br2Cl/c1-2-3-4-5-9-15(11-16,12-17)13-7-6-8-14(18)10-13/h6-8,10H,2-5,9,11-12H2,1H3. The zero-order valence-corrected chi connectivity index (χ0v) is 14.8. The fraction of sp³-hybridized carbons (Fsp3) is 0.600. The molecule has 0 N–H and O–H groups in total. The molecule has 0 nitrogen and oxygen atoms in total. The fourth-order valence-electron chi connectivity index (χ4n) is 2.18. The smallest absolute Gasteiger partial charge is 0.0408 e. The van der Waals surface area contributed by atoms with Crippen molar-refractivity contribution in [2.75, 3.05) is 10.7 Å². The lowest BCUT2D eigenvalue weighted by atomic mass is 9.80. The van der Waals surface area contributed by atoms with E-state index in [2.05, 4.69) is 50.9 Å². The maximum atomic E-state index is 6.12. The minimum absolute atomic E-state index is 0.165. The Morgan fingerprint density at radius 1 is 1.11 bits per heavy atom. The molecule has 0 bridgehead atoms. The van der Waals surface area contributed by atoms with Crippen LogP contribution in [0.5, 0.6) is 0 Å². The average molecular weight is 397 g/mol. The van der Waals surface area contributed by atoms with Crippen LogP contribution in [0.1, 0.15) is 44.6 Å². The number of hydrogen-bond acceptors (Lipinski definition) is 0. The maximum Gasteiger partial charge on any atom is 0.0408 e. The Morgan fingerprint density at radius 3 is 2.39 bits per heavy atom. The van der Waals surface area contributed by atoms with Crippen LogP contribution < -0.4 is 0 Å². The van der Waals surface area contributed by atoms with E-state index in [1.54, 1.807) is 0 Å². The van der Waals surface area contributed by atoms with Crippen LogP contribution in [0.3, 0.4) is 0 Å². The highest BCUT2D eigenvalue weighted by Gasteiger charge is 2.29. The normalized spacial score (nSPS) is 11.8. The van der Waals surface area contributed by atoms with Crippen molar-refractivity contribution in [1.82, 2.24) is 0 Å². The Kier molecular flexibility index (Phi) is 7.90. The van der Waals surface area contributed by atoms with E-state index in [9.17, 15) is 0 Å². The summed E-state index contributed by atoms with van der Waals surface area (Å²) in [4.78, 5) is 0. The molecule has 1 rings (SSSR count). The molecule has 0 atom stereocenters. The van der Waals surface area contributed by atoms with Gasteiger partial charge in [0, 0.05) is 21.1 Å². The molecule has 1 aromatic rings. The van der Waals surface area contributed by atoms with Crippen molar-refractivity contribution < 1.29 is 0 Å². The SMILES string of the molecule is CCCCCCC(CBr)(CBr)c1cccc(Cl)c1. The number of unbranched alkanes of at least 4 members (excludes halogenated alkanes) is 3. The van der Waals surface area contributed by atoms with Gasteiger partial charge in [0.05, 0.1) is 0 Å². The molecule has 0 fully saturated rings. The highest BCUT2D eigenvalue weighted by molar-refractivity contribution is 9.09. The molecular formula is C15H21Br2Cl. The molecule has 0 aromatic heterocycles. The Hall–Kier alpha value is 0.470. The molecule has 0 saturated heterocycles. The van der Waals surface area contributed by atoms with E-state index in [1.165, 1.54) is 37.7 Å². The molecule has 0 amide bonds. The summed E-state index contributed by atoms with van der Waals surface area (Å²) in [7, 11) is 0. The van der Waals surface area contributed by atoms with Crippen molar-refractivity contribution in [2.45, 2.75) is 44.4 Å². The lowest BCUT2D eigenvalue weighted by Gasteiger charge is -2.31. The van der Waals surface area contributed by atoms with Gasteiger partial charge < -0.3 is 0 Å². The van der Waals surface area contributed by atoms with Gasteiger partial charge in [-0.15, -0.1) is 0 Å². The highest BCUT2D eigenvalue weighted by atomic mass is 79.9. The number of halogens is 3. The molecule has 1 aromatic carbocycles. The quantitative estimate of drug-likeness (QED) is 0.355. The summed E-state index contributed by atoms with van der Waals surface area (Å²) in [5.41, 5.74) is 1.50. The van der Waals surface area contributed by atoms with Crippen LogP contribution in [0.25, 0.3) is 0 Å². The van der Waals surface area contributed by atoms with Crippen molar-refractivity contribution in [3.05, 3.63) is 34.9 Å². The average Bonchev–Trinajstić information content (AvgIpc) is 2.40. The zero-order chi connectivity index (χ0) is 13.4. The minimum Gasteiger partial charge on any atom is -0.0918 e. The maximum absolute atomic E-state index is 6.12. The molecule has 18 heavy (non-hydrogen) atoms. The van der Waals surface area contributed by atoms with Crippen molar-refractivity contribution in [1.29, 1.82) is 0 Å². The summed E-state index contributed by atoms with van der Waals surface area (Å²) >= 11 is 13.5. The number of benzene rings is 1. The summed E-state index contributed by atoms with van der Waals surface area (Å²) < 4.78 is 0. The highest BCUT2D eigenvalue weighted by Crippen LogP contribution is 2.35. The van der Waals surface area contributed by atoms with Gasteiger partial charge in [0.15, 0.2) is 0 Å². The van der Waals surface area contributed by atoms with E-state index in [-0.39, 0.29) is 5.41 Å². The van der Waals surface area contributed by atoms with Crippen LogP contribution in [0.15, 0.2) is 24.3 Å². The number of alkyl halides is 2. The van der Waals surface area contributed by atoms with Crippen LogP contribution in [0, 0.1) is 0 Å². The van der Waals surface area contributed by atoms with Crippen molar-refractivity contribution in [2.24, 2.45) is 0 Å². The van der Waals surface area contributed by atoms with Gasteiger partial charge in [-0.2, -0.15) is 0 Å². The Labute approximate surface area is 133 Å². The van der Waals surface area contributed by atoms with Gasteiger partial charge in [0.2, 0.25) is 0 Å². The molecule has 0 aliphatic rings. The van der Waals surface area contributed by atoms with Gasteiger partial charge in [0.25, 0.3) is 0 Å². The lowest BCUT2D eigenvalue weighted by molar-refractivity contribution is 0.466. The second-order valence-electron chi connectivity index (χ2n) is 4.87. The van der Waals surface area contributed by atoms with Crippen molar-refractivity contribution in [3.63, 3.8) is 0 Å². The molecule has 0 saturated carbocycles. The first-order chi connectivity index (χ1) is 8.68. The predicted octanol–water partition coefficient (Wildman–Crippen LogP) is 6.34. The van der Waals surface area contributed by atoms with E-state index in [0.29, 0.717) is 0 Å². The van der Waals surface area contributed by atoms with Gasteiger partial charge in [-0.1, -0.05) is 88.2 Å². The third-order valence-electron chi connectivity index (χ3n) is 3.46. The van der Waals surface area contributed by atoms with E-state index in [1.807, 2.05) is 12.1 Å². The van der Waals surface area contributed by atoms with E-state index < -0.39 is 0 Å². The molecule has 0 aliphatic heterocycles. The summed E-state index contributed by atoms with van der Waals surface area (Å²) in [5, 5.41) is 2.77. The van der Waals surface area contributed by atoms with Crippen LogP contribution in [0.2, 0.25) is 5.02 Å². The predicted molar refractivity (Wildman–Crippen MR) is 89.5 cm³/mol. The van der Waals surface area contributed by atoms with E-state index in [4.69, 9.17) is 11.6 Å². The molecule has 0 spiro atoms. The first-order valence-corrected chi connectivity index (χ1v) is 9.18. The third-order valence-corrected chi connectivity index (χ3v) is 5.84. The van der Waals surface area contributed by atoms with Gasteiger partial charge in [-0.25, -0.2) is 0 Å². The molecule has 0 aliphatic carbocycles. The van der Waals surface area contributed by atoms with Gasteiger partial charge in [-0.3, -0.25) is 0 Å². The second kappa shape index (κ2) is 8.60. The van der Waals surface area contributed by atoms with Crippen molar-refractivity contribution in [3.8, 4) is 0 Å². The lowest BCUT2D eigenvalue weighted by Crippen LogP contribution is -2.30. The van der Waals surface area contributed by atoms with Crippen molar-refractivity contribution >= 4 is 43.5 Å². The Bertz CT molecular complexity index is 348. The molecule has 0 heterocycles. The van der Waals surface area contributed by atoms with Gasteiger partial charge in [0.1, 0.15) is 0 Å². The first kappa shape index (κ1) is 16.5. The summed E-state index contributed by atoms with van der Waals surface area (Å²) in [6.45, 7) is 2.25. The molecule has 0 unspecified atom stereocenters. The van der Waals surface area contributed by atoms with Crippen LogP contribution >= 0.6 is 43.5 Å². The summed E-state index contributed by atoms with van der Waals surface area (Å²) in [6.07, 6.45) is 6.41. The summed E-state index contributed by atoms with van der Waals surface area (Å²) in [6, 6.07) is 8.28. The Morgan fingerprint density at radius 2 is 1.83 bits per heavy atom. The fourth-order valence-corrected chi connectivity index (χ4v) is 4.50. The minimum atomic E-state index is 0.165. The second-order valence-corrected chi connectivity index (χ2v) is 6.43. The van der Waals surface area contributed by atoms with Crippen LogP contribution in [-0.2, 0) is 5.41 Å².